The van der Waals surface area contributed by atoms with E-state index in [1.54, 1.807) is 14.7 Å². The highest BCUT2D eigenvalue weighted by atomic mass is 32.2. The van der Waals surface area contributed by atoms with E-state index in [-0.39, 0.29) is 0 Å². The van der Waals surface area contributed by atoms with E-state index in [2.05, 4.69) is 0 Å². The van der Waals surface area contributed by atoms with Gasteiger partial charge < -0.3 is 5.73 Å². The average Bonchev–Trinajstić information content (AvgIpc) is 2.92. The molecule has 1 saturated heterocycles. The first-order valence-corrected chi connectivity index (χ1v) is 8.15. The minimum atomic E-state index is -3.36. The highest BCUT2D eigenvalue weighted by Gasteiger charge is 2.34. The van der Waals surface area contributed by atoms with Crippen molar-refractivity contribution in [1.82, 2.24) is 4.31 Å². The van der Waals surface area contributed by atoms with Crippen LogP contribution in [0.4, 0.5) is 11.4 Å². The first kappa shape index (κ1) is 12.7. The van der Waals surface area contributed by atoms with E-state index in [1.807, 2.05) is 12.1 Å². The maximum Gasteiger partial charge on any atom is 0.304 e. The van der Waals surface area contributed by atoms with Crippen molar-refractivity contribution in [1.29, 1.82) is 0 Å². The van der Waals surface area contributed by atoms with Gasteiger partial charge in [-0.25, -0.2) is 0 Å². The van der Waals surface area contributed by atoms with Gasteiger partial charge in [-0.15, -0.1) is 0 Å². The molecule has 0 radical (unpaired) electrons. The Balaban J connectivity index is 1.99. The lowest BCUT2D eigenvalue weighted by atomic mass is 10.0. The summed E-state index contributed by atoms with van der Waals surface area (Å²) in [5.41, 5.74) is 8.31. The summed E-state index contributed by atoms with van der Waals surface area (Å²) in [6.07, 6.45) is 3.67. The molecule has 0 spiro atoms. The molecule has 2 aliphatic rings. The minimum Gasteiger partial charge on any atom is -0.399 e. The Morgan fingerprint density at radius 2 is 1.79 bits per heavy atom. The number of rotatable bonds is 2. The summed E-state index contributed by atoms with van der Waals surface area (Å²) in [5, 5.41) is 0. The fourth-order valence-corrected chi connectivity index (χ4v) is 4.67. The van der Waals surface area contributed by atoms with Crippen molar-refractivity contribution in [2.45, 2.75) is 25.7 Å². The van der Waals surface area contributed by atoms with E-state index < -0.39 is 10.2 Å². The quantitative estimate of drug-likeness (QED) is 0.832. The summed E-state index contributed by atoms with van der Waals surface area (Å²) in [5.74, 6) is 0. The van der Waals surface area contributed by atoms with Crippen LogP contribution in [0.25, 0.3) is 0 Å². The SMILES string of the molecule is Nc1ccc2c(c1)CCCN2S(=O)(=O)N1CCCC1. The predicted molar refractivity (Wildman–Crippen MR) is 76.2 cm³/mol. The molecule has 0 amide bonds. The van der Waals surface area contributed by atoms with Crippen LogP contribution in [0.2, 0.25) is 0 Å². The van der Waals surface area contributed by atoms with Crippen molar-refractivity contribution in [3.63, 3.8) is 0 Å². The second kappa shape index (κ2) is 4.68. The number of nitrogens with two attached hydrogens (primary N) is 1. The largest absolute Gasteiger partial charge is 0.399 e. The van der Waals surface area contributed by atoms with Crippen LogP contribution in [-0.2, 0) is 16.6 Å². The molecule has 0 aliphatic carbocycles. The average molecular weight is 281 g/mol. The van der Waals surface area contributed by atoms with Crippen molar-refractivity contribution in [3.05, 3.63) is 23.8 Å². The van der Waals surface area contributed by atoms with Gasteiger partial charge in [-0.3, -0.25) is 4.31 Å². The number of nitrogen functional groups attached to an aromatic ring is 1. The topological polar surface area (TPSA) is 66.6 Å². The van der Waals surface area contributed by atoms with Gasteiger partial charge in [-0.2, -0.15) is 12.7 Å². The van der Waals surface area contributed by atoms with Crippen LogP contribution < -0.4 is 10.0 Å². The van der Waals surface area contributed by atoms with E-state index in [1.165, 1.54) is 0 Å². The fourth-order valence-electron chi connectivity index (χ4n) is 2.88. The molecule has 3 rings (SSSR count). The smallest absolute Gasteiger partial charge is 0.304 e. The van der Waals surface area contributed by atoms with E-state index in [0.29, 0.717) is 25.3 Å². The number of nitrogens with zero attached hydrogens (tertiary/aromatic N) is 2. The van der Waals surface area contributed by atoms with Crippen LogP contribution >= 0.6 is 0 Å². The van der Waals surface area contributed by atoms with Gasteiger partial charge in [0.1, 0.15) is 0 Å². The predicted octanol–water partition coefficient (Wildman–Crippen LogP) is 1.36. The third kappa shape index (κ3) is 2.19. The summed E-state index contributed by atoms with van der Waals surface area (Å²) in [4.78, 5) is 0. The van der Waals surface area contributed by atoms with Gasteiger partial charge in [-0.1, -0.05) is 0 Å². The molecule has 0 bridgehead atoms. The van der Waals surface area contributed by atoms with E-state index >= 15 is 0 Å². The van der Waals surface area contributed by atoms with Gasteiger partial charge >= 0.3 is 10.2 Å². The van der Waals surface area contributed by atoms with Gasteiger partial charge in [-0.05, 0) is 49.4 Å². The van der Waals surface area contributed by atoms with Crippen LogP contribution in [-0.4, -0.2) is 32.4 Å². The second-order valence-electron chi connectivity index (χ2n) is 5.18. The third-order valence-corrected chi connectivity index (χ3v) is 5.80. The molecule has 1 fully saturated rings. The lowest BCUT2D eigenvalue weighted by Crippen LogP contribution is -2.44. The summed E-state index contributed by atoms with van der Waals surface area (Å²) in [6, 6.07) is 5.50. The number of hydrogen-bond donors (Lipinski definition) is 1. The standard InChI is InChI=1S/C13H19N3O2S/c14-12-5-6-13-11(10-12)4-3-9-16(13)19(17,18)15-7-1-2-8-15/h5-6,10H,1-4,7-9,14H2. The molecular weight excluding hydrogens is 262 g/mol. The second-order valence-corrected chi connectivity index (χ2v) is 7.03. The Hall–Kier alpha value is -1.27. The molecule has 0 aromatic heterocycles. The third-order valence-electron chi connectivity index (χ3n) is 3.85. The maximum atomic E-state index is 12.7. The Kier molecular flexibility index (Phi) is 3.14. The minimum absolute atomic E-state index is 0.565. The molecule has 19 heavy (non-hydrogen) atoms. The molecule has 104 valence electrons. The summed E-state index contributed by atoms with van der Waals surface area (Å²) >= 11 is 0. The number of fused-ring (bicyclic) bond motifs is 1. The zero-order valence-electron chi connectivity index (χ0n) is 10.9. The molecule has 0 saturated carbocycles. The Bertz CT molecular complexity index is 580. The van der Waals surface area contributed by atoms with Crippen LogP contribution in [0, 0.1) is 0 Å². The van der Waals surface area contributed by atoms with Gasteiger partial charge in [0, 0.05) is 25.3 Å². The van der Waals surface area contributed by atoms with Gasteiger partial charge in [0.15, 0.2) is 0 Å². The number of aryl methyl sites for hydroxylation is 1. The molecule has 2 N–H and O–H groups in total. The molecule has 2 heterocycles. The van der Waals surface area contributed by atoms with Gasteiger partial charge in [0.05, 0.1) is 5.69 Å². The fraction of sp³-hybridized carbons (Fsp3) is 0.538. The maximum absolute atomic E-state index is 12.7. The van der Waals surface area contributed by atoms with Crippen molar-refractivity contribution in [2.24, 2.45) is 0 Å². The molecule has 1 aromatic rings. The Labute approximate surface area is 114 Å². The Morgan fingerprint density at radius 1 is 1.05 bits per heavy atom. The first-order valence-electron chi connectivity index (χ1n) is 6.75. The van der Waals surface area contributed by atoms with Gasteiger partial charge in [0.25, 0.3) is 0 Å². The summed E-state index contributed by atoms with van der Waals surface area (Å²) < 4.78 is 28.5. The van der Waals surface area contributed by atoms with Crippen LogP contribution in [0.3, 0.4) is 0 Å². The number of anilines is 2. The zero-order valence-corrected chi connectivity index (χ0v) is 11.7. The molecule has 0 atom stereocenters. The van der Waals surface area contributed by atoms with Crippen LogP contribution in [0.1, 0.15) is 24.8 Å². The molecule has 6 heteroatoms. The van der Waals surface area contributed by atoms with Crippen molar-refractivity contribution in [2.75, 3.05) is 29.7 Å². The van der Waals surface area contributed by atoms with E-state index in [4.69, 9.17) is 5.73 Å². The molecule has 1 aromatic carbocycles. The lowest BCUT2D eigenvalue weighted by Gasteiger charge is -2.33. The highest BCUT2D eigenvalue weighted by molar-refractivity contribution is 7.90. The monoisotopic (exact) mass is 281 g/mol. The molecule has 0 unspecified atom stereocenters. The Morgan fingerprint density at radius 3 is 2.53 bits per heavy atom. The first-order chi connectivity index (χ1) is 9.09. The van der Waals surface area contributed by atoms with E-state index in [0.717, 1.165) is 36.9 Å². The van der Waals surface area contributed by atoms with Crippen LogP contribution in [0.5, 0.6) is 0 Å². The summed E-state index contributed by atoms with van der Waals surface area (Å²) in [6.45, 7) is 1.85. The highest BCUT2D eigenvalue weighted by Crippen LogP contribution is 2.32. The van der Waals surface area contributed by atoms with Gasteiger partial charge in [0.2, 0.25) is 0 Å². The van der Waals surface area contributed by atoms with Crippen molar-refractivity contribution in [3.8, 4) is 0 Å². The lowest BCUT2D eigenvalue weighted by molar-refractivity contribution is 0.471. The molecule has 5 nitrogen and oxygen atoms in total. The normalized spacial score (nSPS) is 20.5. The zero-order chi connectivity index (χ0) is 13.5. The number of hydrogen-bond acceptors (Lipinski definition) is 3. The van der Waals surface area contributed by atoms with Crippen LogP contribution in [0.15, 0.2) is 18.2 Å². The van der Waals surface area contributed by atoms with Crippen molar-refractivity contribution < 1.29 is 8.42 Å². The summed E-state index contributed by atoms with van der Waals surface area (Å²) in [7, 11) is -3.36. The van der Waals surface area contributed by atoms with Crippen molar-refractivity contribution >= 4 is 21.6 Å². The number of benzene rings is 1. The molecule has 2 aliphatic heterocycles. The molecular formula is C13H19N3O2S. The van der Waals surface area contributed by atoms with E-state index in [9.17, 15) is 8.42 Å².